The Kier molecular flexibility index (Phi) is 4.42. The summed E-state index contributed by atoms with van der Waals surface area (Å²) in [6, 6.07) is 0. The maximum atomic E-state index is 5.42. The average Bonchev–Trinajstić information content (AvgIpc) is 2.94. The third kappa shape index (κ3) is 2.89. The van der Waals surface area contributed by atoms with E-state index in [9.17, 15) is 0 Å². The van der Waals surface area contributed by atoms with Crippen LogP contribution in [-0.2, 0) is 0 Å². The Hall–Kier alpha value is -1.56. The Bertz CT molecular complexity index is 417. The molecule has 1 aromatic rings. The number of ether oxygens (including phenoxy) is 1. The smallest absolute Gasteiger partial charge is 0.205 e. The second kappa shape index (κ2) is 6.06. The number of nitrogens with zero attached hydrogens (tertiary/aromatic N) is 2. The third-order valence-corrected chi connectivity index (χ3v) is 4.19. The van der Waals surface area contributed by atoms with E-state index in [0.29, 0.717) is 22.8 Å². The molecular formula is C13H23N5O. The van der Waals surface area contributed by atoms with Gasteiger partial charge in [0.1, 0.15) is 6.33 Å². The fourth-order valence-corrected chi connectivity index (χ4v) is 2.85. The number of aromatic nitrogens is 2. The number of anilines is 2. The van der Waals surface area contributed by atoms with Gasteiger partial charge in [-0.05, 0) is 24.7 Å². The first-order valence-electron chi connectivity index (χ1n) is 6.84. The van der Waals surface area contributed by atoms with Crippen LogP contribution in [0.3, 0.4) is 0 Å². The lowest BCUT2D eigenvalue weighted by Gasteiger charge is -2.28. The molecule has 0 spiro atoms. The van der Waals surface area contributed by atoms with E-state index >= 15 is 0 Å². The second-order valence-electron chi connectivity index (χ2n) is 5.16. The summed E-state index contributed by atoms with van der Waals surface area (Å²) in [5.74, 6) is 7.18. The highest BCUT2D eigenvalue weighted by molar-refractivity contribution is 5.63. The molecular weight excluding hydrogens is 242 g/mol. The first-order valence-corrected chi connectivity index (χ1v) is 6.84. The largest absolute Gasteiger partial charge is 0.490 e. The van der Waals surface area contributed by atoms with E-state index in [2.05, 4.69) is 27.6 Å². The van der Waals surface area contributed by atoms with E-state index in [-0.39, 0.29) is 0 Å². The highest BCUT2D eigenvalue weighted by Crippen LogP contribution is 2.41. The molecule has 0 bridgehead atoms. The van der Waals surface area contributed by atoms with E-state index in [1.807, 2.05) is 0 Å². The maximum Gasteiger partial charge on any atom is 0.205 e. The van der Waals surface area contributed by atoms with Crippen molar-refractivity contribution in [3.8, 4) is 5.75 Å². The molecule has 2 rings (SSSR count). The molecule has 19 heavy (non-hydrogen) atoms. The minimum absolute atomic E-state index is 0.395. The van der Waals surface area contributed by atoms with Gasteiger partial charge in [-0.1, -0.05) is 19.8 Å². The van der Waals surface area contributed by atoms with Gasteiger partial charge in [0, 0.05) is 6.54 Å². The van der Waals surface area contributed by atoms with Crippen molar-refractivity contribution in [3.63, 3.8) is 0 Å². The standard InChI is InChI=1S/C13H23N5O/c1-3-13(6-4-5-7-13)8-15-11-10(19-2)12(18-14)17-9-16-11/h9H,3-8,14H2,1-2H3,(H2,15,16,17,18). The quantitative estimate of drug-likeness (QED) is 0.540. The molecule has 1 aliphatic rings. The molecule has 1 aliphatic carbocycles. The van der Waals surface area contributed by atoms with Crippen molar-refractivity contribution in [2.45, 2.75) is 39.0 Å². The van der Waals surface area contributed by atoms with E-state index in [4.69, 9.17) is 10.6 Å². The van der Waals surface area contributed by atoms with Gasteiger partial charge in [-0.25, -0.2) is 15.8 Å². The summed E-state index contributed by atoms with van der Waals surface area (Å²) in [7, 11) is 1.59. The molecule has 0 unspecified atom stereocenters. The molecule has 0 atom stereocenters. The van der Waals surface area contributed by atoms with Crippen LogP contribution in [-0.4, -0.2) is 23.6 Å². The van der Waals surface area contributed by atoms with Crippen LogP contribution in [0.5, 0.6) is 5.75 Å². The molecule has 4 N–H and O–H groups in total. The van der Waals surface area contributed by atoms with Crippen LogP contribution in [0.1, 0.15) is 39.0 Å². The normalized spacial score (nSPS) is 17.2. The summed E-state index contributed by atoms with van der Waals surface area (Å²) in [6.07, 6.45) is 7.89. The molecule has 1 aromatic heterocycles. The highest BCUT2D eigenvalue weighted by atomic mass is 16.5. The number of rotatable bonds is 6. The molecule has 6 nitrogen and oxygen atoms in total. The van der Waals surface area contributed by atoms with Crippen molar-refractivity contribution >= 4 is 11.6 Å². The molecule has 0 saturated heterocycles. The van der Waals surface area contributed by atoms with Gasteiger partial charge in [0.2, 0.25) is 5.75 Å². The van der Waals surface area contributed by atoms with Crippen molar-refractivity contribution in [2.24, 2.45) is 11.3 Å². The van der Waals surface area contributed by atoms with Gasteiger partial charge in [0.05, 0.1) is 7.11 Å². The van der Waals surface area contributed by atoms with Gasteiger partial charge in [-0.15, -0.1) is 0 Å². The molecule has 0 aromatic carbocycles. The van der Waals surface area contributed by atoms with Gasteiger partial charge in [0.25, 0.3) is 0 Å². The number of methoxy groups -OCH3 is 1. The fourth-order valence-electron chi connectivity index (χ4n) is 2.85. The Balaban J connectivity index is 2.10. The zero-order valence-corrected chi connectivity index (χ0v) is 11.7. The molecule has 6 heteroatoms. The monoisotopic (exact) mass is 265 g/mol. The second-order valence-corrected chi connectivity index (χ2v) is 5.16. The van der Waals surface area contributed by atoms with Crippen LogP contribution in [0, 0.1) is 5.41 Å². The van der Waals surface area contributed by atoms with E-state index in [1.54, 1.807) is 7.11 Å². The lowest BCUT2D eigenvalue weighted by molar-refractivity contribution is 0.306. The number of hydrogen-bond acceptors (Lipinski definition) is 6. The summed E-state index contributed by atoms with van der Waals surface area (Å²) in [5, 5.41) is 3.40. The number of hydrogen-bond donors (Lipinski definition) is 3. The summed E-state index contributed by atoms with van der Waals surface area (Å²) >= 11 is 0. The van der Waals surface area contributed by atoms with Crippen LogP contribution < -0.4 is 21.3 Å². The first-order chi connectivity index (χ1) is 9.24. The molecule has 0 aliphatic heterocycles. The van der Waals surface area contributed by atoms with Crippen LogP contribution in [0.2, 0.25) is 0 Å². The van der Waals surface area contributed by atoms with Gasteiger partial charge in [-0.2, -0.15) is 0 Å². The minimum Gasteiger partial charge on any atom is -0.490 e. The number of nitrogen functional groups attached to an aromatic ring is 1. The minimum atomic E-state index is 0.395. The average molecular weight is 265 g/mol. The zero-order valence-electron chi connectivity index (χ0n) is 11.7. The summed E-state index contributed by atoms with van der Waals surface area (Å²) in [5.41, 5.74) is 2.92. The zero-order chi connectivity index (χ0) is 13.7. The summed E-state index contributed by atoms with van der Waals surface area (Å²) in [6.45, 7) is 3.18. The van der Waals surface area contributed by atoms with Crippen LogP contribution >= 0.6 is 0 Å². The summed E-state index contributed by atoms with van der Waals surface area (Å²) < 4.78 is 5.32. The number of nitrogens with two attached hydrogens (primary N) is 1. The van der Waals surface area contributed by atoms with Crippen LogP contribution in [0.4, 0.5) is 11.6 Å². The van der Waals surface area contributed by atoms with Gasteiger partial charge >= 0.3 is 0 Å². The number of hydrazine groups is 1. The van der Waals surface area contributed by atoms with E-state index in [0.717, 1.165) is 6.54 Å². The molecule has 1 fully saturated rings. The van der Waals surface area contributed by atoms with Crippen molar-refractivity contribution in [1.82, 2.24) is 9.97 Å². The lowest BCUT2D eigenvalue weighted by atomic mass is 9.83. The number of nitrogens with one attached hydrogen (secondary N) is 2. The van der Waals surface area contributed by atoms with E-state index < -0.39 is 0 Å². The van der Waals surface area contributed by atoms with Crippen LogP contribution in [0.25, 0.3) is 0 Å². The Labute approximate surface area is 114 Å². The Morgan fingerprint density at radius 3 is 2.58 bits per heavy atom. The summed E-state index contributed by atoms with van der Waals surface area (Å²) in [4.78, 5) is 8.28. The van der Waals surface area contributed by atoms with Crippen molar-refractivity contribution in [1.29, 1.82) is 0 Å². The Morgan fingerprint density at radius 1 is 1.32 bits per heavy atom. The third-order valence-electron chi connectivity index (χ3n) is 4.19. The Morgan fingerprint density at radius 2 is 2.00 bits per heavy atom. The first kappa shape index (κ1) is 13.9. The van der Waals surface area contributed by atoms with Crippen molar-refractivity contribution < 1.29 is 4.74 Å². The molecule has 1 saturated carbocycles. The van der Waals surface area contributed by atoms with Gasteiger partial charge in [-0.3, -0.25) is 0 Å². The highest BCUT2D eigenvalue weighted by Gasteiger charge is 2.32. The lowest BCUT2D eigenvalue weighted by Crippen LogP contribution is -2.26. The van der Waals surface area contributed by atoms with Gasteiger partial charge < -0.3 is 15.5 Å². The van der Waals surface area contributed by atoms with Crippen LogP contribution in [0.15, 0.2) is 6.33 Å². The SMILES string of the molecule is CCC1(CNc2ncnc(NN)c2OC)CCCC1. The van der Waals surface area contributed by atoms with E-state index in [1.165, 1.54) is 38.4 Å². The van der Waals surface area contributed by atoms with Gasteiger partial charge in [0.15, 0.2) is 11.6 Å². The molecule has 0 amide bonds. The molecule has 1 heterocycles. The molecule has 106 valence electrons. The van der Waals surface area contributed by atoms with Crippen molar-refractivity contribution in [3.05, 3.63) is 6.33 Å². The predicted molar refractivity (Wildman–Crippen MR) is 76.1 cm³/mol. The fraction of sp³-hybridized carbons (Fsp3) is 0.692. The predicted octanol–water partition coefficient (Wildman–Crippen LogP) is 2.15. The molecule has 0 radical (unpaired) electrons. The maximum absolute atomic E-state index is 5.42. The topological polar surface area (TPSA) is 85.1 Å². The van der Waals surface area contributed by atoms with Crippen molar-refractivity contribution in [2.75, 3.05) is 24.4 Å².